The van der Waals surface area contributed by atoms with Crippen molar-refractivity contribution in [2.24, 2.45) is 0 Å². The molecule has 6 heteroatoms. The van der Waals surface area contributed by atoms with Gasteiger partial charge in [-0.2, -0.15) is 0 Å². The Morgan fingerprint density at radius 2 is 1.24 bits per heavy atom. The first-order valence-corrected chi connectivity index (χ1v) is 11.2. The van der Waals surface area contributed by atoms with Crippen LogP contribution in [0, 0.1) is 5.82 Å². The summed E-state index contributed by atoms with van der Waals surface area (Å²) in [6.45, 7) is -0.412. The Bertz CT molecular complexity index is 924. The van der Waals surface area contributed by atoms with Gasteiger partial charge in [-0.25, -0.2) is 13.6 Å². The highest BCUT2D eigenvalue weighted by molar-refractivity contribution is 5.92. The normalized spacial score (nSPS) is 12.4. The third-order valence-electron chi connectivity index (χ3n) is 4.36. The minimum absolute atomic E-state index is 0.0961. The van der Waals surface area contributed by atoms with Crippen LogP contribution < -0.4 is 4.74 Å². The fourth-order valence-corrected chi connectivity index (χ4v) is 2.67. The number of carboxylic acid groups (broad SMARTS) is 1. The Kier molecular flexibility index (Phi) is 15.9. The summed E-state index contributed by atoms with van der Waals surface area (Å²) in [7, 11) is 0. The van der Waals surface area contributed by atoms with E-state index in [0.29, 0.717) is 6.42 Å². The molecule has 0 heterocycles. The van der Waals surface area contributed by atoms with E-state index >= 15 is 0 Å². The summed E-state index contributed by atoms with van der Waals surface area (Å²) in [4.78, 5) is 23.0. The van der Waals surface area contributed by atoms with Gasteiger partial charge in [-0.05, 0) is 56.7 Å². The lowest BCUT2D eigenvalue weighted by Gasteiger charge is -2.06. The minimum atomic E-state index is -1.36. The lowest BCUT2D eigenvalue weighted by Crippen LogP contribution is -2.11. The molecule has 0 aliphatic rings. The summed E-state index contributed by atoms with van der Waals surface area (Å²) in [5.41, 5.74) is -0.382. The smallest absolute Gasteiger partial charge is 0.339 e. The predicted octanol–water partition coefficient (Wildman–Crippen LogP) is 7.47. The highest BCUT2D eigenvalue weighted by Crippen LogP contribution is 2.20. The Balaban J connectivity index is 2.13. The van der Waals surface area contributed by atoms with E-state index in [4.69, 9.17) is 9.84 Å². The number of carbonyl (C=O) groups excluding carboxylic acids is 1. The molecule has 4 nitrogen and oxygen atoms in total. The van der Waals surface area contributed by atoms with Crippen molar-refractivity contribution in [1.82, 2.24) is 0 Å². The van der Waals surface area contributed by atoms with Gasteiger partial charge in [-0.3, -0.25) is 4.79 Å². The van der Waals surface area contributed by atoms with Crippen molar-refractivity contribution in [2.75, 3.05) is 6.67 Å². The number of hydrogen-bond donors (Lipinski definition) is 1. The molecule has 0 bridgehead atoms. The van der Waals surface area contributed by atoms with Crippen molar-refractivity contribution in [1.29, 1.82) is 0 Å². The highest BCUT2D eigenvalue weighted by Gasteiger charge is 2.15. The van der Waals surface area contributed by atoms with Gasteiger partial charge in [0.25, 0.3) is 0 Å². The van der Waals surface area contributed by atoms with Crippen LogP contribution in [0.25, 0.3) is 0 Å². The number of allylic oxidation sites excluding steroid dienone is 12. The highest BCUT2D eigenvalue weighted by atomic mass is 19.1. The summed E-state index contributed by atoms with van der Waals surface area (Å²) in [5.74, 6) is -2.80. The van der Waals surface area contributed by atoms with Crippen molar-refractivity contribution in [3.8, 4) is 5.75 Å². The van der Waals surface area contributed by atoms with E-state index < -0.39 is 24.4 Å². The van der Waals surface area contributed by atoms with Crippen LogP contribution in [0.5, 0.6) is 5.75 Å². The molecule has 0 radical (unpaired) electrons. The lowest BCUT2D eigenvalue weighted by atomic mass is 10.2. The second-order valence-corrected chi connectivity index (χ2v) is 7.12. The van der Waals surface area contributed by atoms with Gasteiger partial charge in [-0.1, -0.05) is 72.9 Å². The summed E-state index contributed by atoms with van der Waals surface area (Å²) < 4.78 is 30.0. The van der Waals surface area contributed by atoms with Crippen molar-refractivity contribution < 1.29 is 28.2 Å². The number of benzene rings is 1. The van der Waals surface area contributed by atoms with E-state index in [1.54, 1.807) is 6.08 Å². The zero-order valence-corrected chi connectivity index (χ0v) is 19.2. The fourth-order valence-electron chi connectivity index (χ4n) is 2.67. The molecule has 34 heavy (non-hydrogen) atoms. The number of esters is 1. The zero-order chi connectivity index (χ0) is 24.9. The minimum Gasteiger partial charge on any atom is -0.478 e. The monoisotopic (exact) mass is 470 g/mol. The molecule has 0 fully saturated rings. The summed E-state index contributed by atoms with van der Waals surface area (Å²) in [5, 5.41) is 9.05. The first kappa shape index (κ1) is 28.5. The number of aromatic carboxylic acids is 1. The van der Waals surface area contributed by atoms with Gasteiger partial charge in [0.1, 0.15) is 23.8 Å². The Hall–Kier alpha value is -3.54. The van der Waals surface area contributed by atoms with E-state index in [1.807, 2.05) is 24.3 Å². The van der Waals surface area contributed by atoms with E-state index in [1.165, 1.54) is 6.08 Å². The van der Waals surface area contributed by atoms with Crippen LogP contribution >= 0.6 is 0 Å². The van der Waals surface area contributed by atoms with Gasteiger partial charge in [0.2, 0.25) is 0 Å². The van der Waals surface area contributed by atoms with Gasteiger partial charge >= 0.3 is 11.9 Å². The fraction of sp³-hybridized carbons (Fsp3) is 0.286. The van der Waals surface area contributed by atoms with Crippen molar-refractivity contribution in [3.63, 3.8) is 0 Å². The maximum atomic E-state index is 13.2. The number of carboxylic acids is 1. The number of ether oxygens (including phenoxy) is 1. The molecule has 0 aromatic heterocycles. The maximum absolute atomic E-state index is 13.2. The topological polar surface area (TPSA) is 63.6 Å². The summed E-state index contributed by atoms with van der Waals surface area (Å²) >= 11 is 0. The van der Waals surface area contributed by atoms with Crippen LogP contribution in [0.4, 0.5) is 8.78 Å². The number of alkyl halides is 1. The third kappa shape index (κ3) is 14.5. The average molecular weight is 471 g/mol. The van der Waals surface area contributed by atoms with Crippen molar-refractivity contribution in [3.05, 3.63) is 102 Å². The number of carbonyl (C=O) groups is 2. The van der Waals surface area contributed by atoms with E-state index in [0.717, 1.165) is 50.3 Å². The van der Waals surface area contributed by atoms with Crippen LogP contribution in [0.2, 0.25) is 0 Å². The SMILES string of the molecule is O=C(CC/C=C\C/C=C\C/C=C\C/C=C\C/C=C\C/C=C\CF)Oc1ccc(F)cc1C(=O)O. The van der Waals surface area contributed by atoms with E-state index in [2.05, 4.69) is 36.5 Å². The van der Waals surface area contributed by atoms with Gasteiger partial charge in [0.15, 0.2) is 0 Å². The summed E-state index contributed by atoms with van der Waals surface area (Å²) in [6.07, 6.45) is 28.4. The van der Waals surface area contributed by atoms with Crippen LogP contribution in [-0.4, -0.2) is 23.7 Å². The van der Waals surface area contributed by atoms with Crippen molar-refractivity contribution in [2.45, 2.75) is 44.9 Å². The maximum Gasteiger partial charge on any atom is 0.339 e. The van der Waals surface area contributed by atoms with Crippen LogP contribution in [0.1, 0.15) is 55.3 Å². The van der Waals surface area contributed by atoms with Crippen LogP contribution in [0.15, 0.2) is 91.1 Å². The van der Waals surface area contributed by atoms with Crippen LogP contribution in [-0.2, 0) is 4.79 Å². The molecular formula is C28H32F2O4. The largest absolute Gasteiger partial charge is 0.478 e. The molecule has 1 rings (SSSR count). The Labute approximate surface area is 200 Å². The first-order chi connectivity index (χ1) is 16.5. The molecule has 1 N–H and O–H groups in total. The molecule has 1 aromatic carbocycles. The van der Waals surface area contributed by atoms with Gasteiger partial charge in [0, 0.05) is 6.42 Å². The molecule has 0 atom stereocenters. The molecule has 0 aliphatic carbocycles. The number of hydrogen-bond acceptors (Lipinski definition) is 3. The van der Waals surface area contributed by atoms with Gasteiger partial charge in [0.05, 0.1) is 0 Å². The van der Waals surface area contributed by atoms with E-state index in [9.17, 15) is 18.4 Å². The summed E-state index contributed by atoms with van der Waals surface area (Å²) in [6, 6.07) is 3.00. The number of halogens is 2. The van der Waals surface area contributed by atoms with Gasteiger partial charge in [-0.15, -0.1) is 0 Å². The molecule has 182 valence electrons. The van der Waals surface area contributed by atoms with Crippen LogP contribution in [0.3, 0.4) is 0 Å². The standard InChI is InChI=1S/C28H32F2O4/c29-22-18-16-14-12-10-8-6-4-2-1-3-5-7-9-11-13-15-17-19-27(31)34-26-21-20-24(30)23-25(26)28(32)33/h1,3-4,6-7,9-10,12-13,15-16,18,20-21,23H,2,5,8,11,14,17,19,22H2,(H,32,33)/b3-1-,6-4-,9-7-,12-10-,15-13-,18-16-. The average Bonchev–Trinajstić information content (AvgIpc) is 2.81. The zero-order valence-electron chi connectivity index (χ0n) is 19.2. The quantitative estimate of drug-likeness (QED) is 0.155. The molecular weight excluding hydrogens is 438 g/mol. The lowest BCUT2D eigenvalue weighted by molar-refractivity contribution is -0.134. The molecule has 1 aromatic rings. The molecule has 0 saturated carbocycles. The second-order valence-electron chi connectivity index (χ2n) is 7.12. The molecule has 0 aliphatic heterocycles. The molecule has 0 unspecified atom stereocenters. The molecule has 0 amide bonds. The Morgan fingerprint density at radius 1 is 0.765 bits per heavy atom. The van der Waals surface area contributed by atoms with Gasteiger partial charge < -0.3 is 9.84 Å². The first-order valence-electron chi connectivity index (χ1n) is 11.2. The number of rotatable bonds is 16. The predicted molar refractivity (Wildman–Crippen MR) is 132 cm³/mol. The van der Waals surface area contributed by atoms with E-state index in [-0.39, 0.29) is 17.7 Å². The second kappa shape index (κ2) is 19.0. The Morgan fingerprint density at radius 3 is 1.71 bits per heavy atom. The molecule has 0 saturated heterocycles. The third-order valence-corrected chi connectivity index (χ3v) is 4.36. The van der Waals surface area contributed by atoms with Crippen molar-refractivity contribution >= 4 is 11.9 Å². The molecule has 0 spiro atoms.